The third-order valence-electron chi connectivity index (χ3n) is 4.60. The lowest BCUT2D eigenvalue weighted by atomic mass is 9.82. The summed E-state index contributed by atoms with van der Waals surface area (Å²) in [6.45, 7) is 13.2. The number of hydrogen-bond donors (Lipinski definition) is 0. The Morgan fingerprint density at radius 1 is 0.828 bits per heavy atom. The van der Waals surface area contributed by atoms with Crippen molar-refractivity contribution in [1.82, 2.24) is 0 Å². The molecule has 4 nitrogen and oxygen atoms in total. The zero-order valence-electron chi connectivity index (χ0n) is 19.1. The highest BCUT2D eigenvalue weighted by Gasteiger charge is 2.24. The summed E-state index contributed by atoms with van der Waals surface area (Å²) in [6.07, 6.45) is 4.14. The van der Waals surface area contributed by atoms with E-state index in [1.54, 1.807) is 21.3 Å². The third kappa shape index (κ3) is 5.35. The molecule has 0 aliphatic heterocycles. The van der Waals surface area contributed by atoms with Crippen LogP contribution in [0.5, 0.6) is 23.0 Å². The highest BCUT2D eigenvalue weighted by Crippen LogP contribution is 2.40. The molecular formula is C24H33O4Si. The summed E-state index contributed by atoms with van der Waals surface area (Å²) in [7, 11) is 3.94. The summed E-state index contributed by atoms with van der Waals surface area (Å²) in [6, 6.07) is 8.16. The SMILES string of the molecule is COc1cc(C=Cc2ccc(C)c(C(C)(C)C)c2O[Si](C)C)cc(OC)c1OC. The molecule has 0 heterocycles. The van der Waals surface area contributed by atoms with Gasteiger partial charge in [0.05, 0.1) is 21.3 Å². The molecule has 5 heteroatoms. The highest BCUT2D eigenvalue weighted by molar-refractivity contribution is 6.49. The standard InChI is InChI=1S/C24H33O4Si/c1-16-10-12-18(22(28-29(8)9)21(16)24(2,3)4)13-11-17-14-19(25-5)23(27-7)20(15-17)26-6/h10-15H,1-9H3. The average Bonchev–Trinajstić information content (AvgIpc) is 2.64. The number of aryl methyl sites for hydroxylation is 1. The molecule has 157 valence electrons. The van der Waals surface area contributed by atoms with Crippen molar-refractivity contribution in [3.05, 3.63) is 46.5 Å². The van der Waals surface area contributed by atoms with E-state index in [0.29, 0.717) is 17.2 Å². The van der Waals surface area contributed by atoms with E-state index in [9.17, 15) is 0 Å². The molecule has 0 aliphatic carbocycles. The Morgan fingerprint density at radius 3 is 1.86 bits per heavy atom. The summed E-state index contributed by atoms with van der Waals surface area (Å²) >= 11 is 0. The molecule has 0 atom stereocenters. The molecule has 2 aromatic carbocycles. The molecule has 0 aliphatic rings. The van der Waals surface area contributed by atoms with Gasteiger partial charge in [-0.25, -0.2) is 0 Å². The first-order valence-corrected chi connectivity index (χ1v) is 12.1. The van der Waals surface area contributed by atoms with Crippen LogP contribution >= 0.6 is 0 Å². The van der Waals surface area contributed by atoms with Crippen LogP contribution < -0.4 is 18.6 Å². The maximum Gasteiger partial charge on any atom is 0.274 e. The Labute approximate surface area is 177 Å². The van der Waals surface area contributed by atoms with Crippen molar-refractivity contribution in [3.63, 3.8) is 0 Å². The van der Waals surface area contributed by atoms with Crippen LogP contribution in [0.4, 0.5) is 0 Å². The second kappa shape index (κ2) is 9.40. The van der Waals surface area contributed by atoms with Gasteiger partial charge in [0.25, 0.3) is 9.04 Å². The van der Waals surface area contributed by atoms with Crippen LogP contribution in [0.3, 0.4) is 0 Å². The Balaban J connectivity index is 2.58. The Kier molecular flexibility index (Phi) is 7.41. The quantitative estimate of drug-likeness (QED) is 0.405. The molecule has 29 heavy (non-hydrogen) atoms. The lowest BCUT2D eigenvalue weighted by molar-refractivity contribution is 0.324. The van der Waals surface area contributed by atoms with Crippen LogP contribution in [-0.2, 0) is 5.41 Å². The summed E-state index contributed by atoms with van der Waals surface area (Å²) < 4.78 is 22.7. The molecule has 0 unspecified atom stereocenters. The number of rotatable bonds is 7. The van der Waals surface area contributed by atoms with Gasteiger partial charge in [-0.3, -0.25) is 0 Å². The van der Waals surface area contributed by atoms with Crippen molar-refractivity contribution in [1.29, 1.82) is 0 Å². The predicted molar refractivity (Wildman–Crippen MR) is 123 cm³/mol. The van der Waals surface area contributed by atoms with Gasteiger partial charge >= 0.3 is 0 Å². The zero-order chi connectivity index (χ0) is 21.8. The number of benzene rings is 2. The van der Waals surface area contributed by atoms with Crippen molar-refractivity contribution >= 4 is 21.2 Å². The first kappa shape index (κ1) is 22.9. The Hall–Kier alpha value is -2.40. The molecule has 2 rings (SSSR count). The summed E-state index contributed by atoms with van der Waals surface area (Å²) in [5.74, 6) is 2.84. The molecule has 0 saturated heterocycles. The summed E-state index contributed by atoms with van der Waals surface area (Å²) in [5.41, 5.74) is 4.53. The van der Waals surface area contributed by atoms with Gasteiger partial charge in [0, 0.05) is 11.1 Å². The van der Waals surface area contributed by atoms with Crippen LogP contribution in [0.2, 0.25) is 13.1 Å². The maximum atomic E-state index is 6.38. The third-order valence-corrected chi connectivity index (χ3v) is 5.21. The molecule has 2 aromatic rings. The molecule has 0 fully saturated rings. The van der Waals surface area contributed by atoms with Crippen molar-refractivity contribution in [2.24, 2.45) is 0 Å². The molecular weight excluding hydrogens is 380 g/mol. The molecule has 0 bridgehead atoms. The minimum atomic E-state index is -0.909. The van der Waals surface area contributed by atoms with E-state index in [4.69, 9.17) is 18.6 Å². The first-order valence-electron chi connectivity index (χ1n) is 9.72. The molecule has 0 spiro atoms. The van der Waals surface area contributed by atoms with E-state index in [2.05, 4.69) is 59.0 Å². The van der Waals surface area contributed by atoms with Crippen molar-refractivity contribution in [2.75, 3.05) is 21.3 Å². The van der Waals surface area contributed by atoms with Crippen LogP contribution in [-0.4, -0.2) is 30.4 Å². The van der Waals surface area contributed by atoms with E-state index in [0.717, 1.165) is 16.9 Å². The normalized spacial score (nSPS) is 11.8. The smallest absolute Gasteiger partial charge is 0.274 e. The van der Waals surface area contributed by atoms with Gasteiger partial charge in [0.1, 0.15) is 5.75 Å². The van der Waals surface area contributed by atoms with Crippen LogP contribution in [0.15, 0.2) is 24.3 Å². The van der Waals surface area contributed by atoms with Gasteiger partial charge in [-0.1, -0.05) is 45.1 Å². The van der Waals surface area contributed by atoms with E-state index < -0.39 is 9.04 Å². The van der Waals surface area contributed by atoms with Gasteiger partial charge in [-0.05, 0) is 48.7 Å². The average molecular weight is 414 g/mol. The first-order chi connectivity index (χ1) is 13.6. The molecule has 0 aromatic heterocycles. The van der Waals surface area contributed by atoms with Crippen LogP contribution in [0.1, 0.15) is 43.0 Å². The Morgan fingerprint density at radius 2 is 1.41 bits per heavy atom. The highest BCUT2D eigenvalue weighted by atomic mass is 28.3. The monoisotopic (exact) mass is 413 g/mol. The van der Waals surface area contributed by atoms with E-state index >= 15 is 0 Å². The van der Waals surface area contributed by atoms with Crippen molar-refractivity contribution in [3.8, 4) is 23.0 Å². The van der Waals surface area contributed by atoms with E-state index in [-0.39, 0.29) is 5.41 Å². The lowest BCUT2D eigenvalue weighted by Gasteiger charge is -2.27. The number of hydrogen-bond acceptors (Lipinski definition) is 4. The van der Waals surface area contributed by atoms with Crippen LogP contribution in [0.25, 0.3) is 12.2 Å². The van der Waals surface area contributed by atoms with Crippen molar-refractivity contribution < 1.29 is 18.6 Å². The van der Waals surface area contributed by atoms with Crippen LogP contribution in [0, 0.1) is 6.92 Å². The minimum absolute atomic E-state index is 0.00681. The molecule has 0 saturated carbocycles. The van der Waals surface area contributed by atoms with Gasteiger partial charge < -0.3 is 18.6 Å². The van der Waals surface area contributed by atoms with Crippen molar-refractivity contribution in [2.45, 2.75) is 46.2 Å². The Bertz CT molecular complexity index is 854. The second-order valence-corrected chi connectivity index (χ2v) is 10.2. The van der Waals surface area contributed by atoms with Gasteiger partial charge in [0.15, 0.2) is 11.5 Å². The lowest BCUT2D eigenvalue weighted by Crippen LogP contribution is -2.20. The molecule has 0 N–H and O–H groups in total. The topological polar surface area (TPSA) is 36.9 Å². The van der Waals surface area contributed by atoms with Gasteiger partial charge in [-0.15, -0.1) is 0 Å². The van der Waals surface area contributed by atoms with Gasteiger partial charge in [-0.2, -0.15) is 0 Å². The second-order valence-electron chi connectivity index (χ2n) is 8.23. The molecule has 1 radical (unpaired) electrons. The largest absolute Gasteiger partial charge is 0.542 e. The molecule has 0 amide bonds. The number of ether oxygens (including phenoxy) is 3. The van der Waals surface area contributed by atoms with E-state index in [1.165, 1.54) is 11.1 Å². The van der Waals surface area contributed by atoms with E-state index in [1.807, 2.05) is 18.2 Å². The predicted octanol–water partition coefficient (Wildman–Crippen LogP) is 6.12. The number of methoxy groups -OCH3 is 3. The minimum Gasteiger partial charge on any atom is -0.542 e. The summed E-state index contributed by atoms with van der Waals surface area (Å²) in [4.78, 5) is 0. The van der Waals surface area contributed by atoms with Gasteiger partial charge in [0.2, 0.25) is 5.75 Å². The zero-order valence-corrected chi connectivity index (χ0v) is 20.1. The fourth-order valence-electron chi connectivity index (χ4n) is 3.46. The fourth-order valence-corrected chi connectivity index (χ4v) is 4.09. The maximum absolute atomic E-state index is 6.38. The summed E-state index contributed by atoms with van der Waals surface area (Å²) in [5, 5.41) is 0. The fraction of sp³-hybridized carbons (Fsp3) is 0.417.